The van der Waals surface area contributed by atoms with E-state index in [1.165, 1.54) is 16.7 Å². The Morgan fingerprint density at radius 2 is 2.10 bits per heavy atom. The fourth-order valence-electron chi connectivity index (χ4n) is 2.13. The van der Waals surface area contributed by atoms with Gasteiger partial charge in [0.2, 0.25) is 0 Å². The molecule has 2 heterocycles. The molecule has 0 spiro atoms. The van der Waals surface area contributed by atoms with Crippen molar-refractivity contribution in [1.29, 1.82) is 0 Å². The first kappa shape index (κ1) is 14.4. The molecule has 7 heteroatoms. The summed E-state index contributed by atoms with van der Waals surface area (Å²) in [6.07, 6.45) is 1.57. The lowest BCUT2D eigenvalue weighted by Crippen LogP contribution is -2.06. The van der Waals surface area contributed by atoms with Crippen molar-refractivity contribution in [2.75, 3.05) is 0 Å². The molecule has 1 unspecified atom stereocenters. The summed E-state index contributed by atoms with van der Waals surface area (Å²) in [5.74, 6) is -1.48. The zero-order valence-electron chi connectivity index (χ0n) is 10.8. The predicted molar refractivity (Wildman–Crippen MR) is 80.7 cm³/mol. The van der Waals surface area contributed by atoms with Gasteiger partial charge in [0.1, 0.15) is 11.3 Å². The Balaban J connectivity index is 2.39. The number of fused-ring (bicyclic) bond motifs is 1. The van der Waals surface area contributed by atoms with Gasteiger partial charge in [0, 0.05) is 10.7 Å². The summed E-state index contributed by atoms with van der Waals surface area (Å²) in [7, 11) is 0. The molecular formula is C14H9BrClF2N3. The van der Waals surface area contributed by atoms with Crippen molar-refractivity contribution >= 4 is 38.7 Å². The van der Waals surface area contributed by atoms with Crippen molar-refractivity contribution in [2.24, 2.45) is 0 Å². The Morgan fingerprint density at radius 3 is 2.81 bits per heavy atom. The van der Waals surface area contributed by atoms with Crippen LogP contribution in [-0.4, -0.2) is 14.5 Å². The van der Waals surface area contributed by atoms with Gasteiger partial charge in [-0.3, -0.25) is 4.57 Å². The van der Waals surface area contributed by atoms with E-state index in [0.29, 0.717) is 17.0 Å². The summed E-state index contributed by atoms with van der Waals surface area (Å²) in [6, 6.07) is 5.71. The second-order valence-electron chi connectivity index (χ2n) is 4.49. The van der Waals surface area contributed by atoms with Crippen molar-refractivity contribution in [2.45, 2.75) is 12.3 Å². The van der Waals surface area contributed by atoms with Crippen LogP contribution in [0.4, 0.5) is 8.78 Å². The molecule has 0 aliphatic carbocycles. The molecule has 0 fully saturated rings. The highest BCUT2D eigenvalue weighted by Gasteiger charge is 2.21. The molecule has 21 heavy (non-hydrogen) atoms. The molecule has 108 valence electrons. The Kier molecular flexibility index (Phi) is 3.67. The van der Waals surface area contributed by atoms with Crippen LogP contribution in [0, 0.1) is 11.6 Å². The fraction of sp³-hybridized carbons (Fsp3) is 0.143. The number of halogens is 4. The Labute approximate surface area is 132 Å². The van der Waals surface area contributed by atoms with Gasteiger partial charge in [-0.1, -0.05) is 6.07 Å². The smallest absolute Gasteiger partial charge is 0.182 e. The van der Waals surface area contributed by atoms with E-state index in [1.54, 1.807) is 19.2 Å². The third kappa shape index (κ3) is 2.42. The summed E-state index contributed by atoms with van der Waals surface area (Å²) in [6.45, 7) is 1.71. The van der Waals surface area contributed by atoms with Gasteiger partial charge >= 0.3 is 0 Å². The molecule has 0 amide bonds. The zero-order valence-corrected chi connectivity index (χ0v) is 13.2. The molecule has 0 saturated carbocycles. The lowest BCUT2D eigenvalue weighted by atomic mass is 10.2. The minimum atomic E-state index is -0.958. The van der Waals surface area contributed by atoms with Crippen LogP contribution in [0.5, 0.6) is 0 Å². The molecule has 0 radical (unpaired) electrons. The summed E-state index contributed by atoms with van der Waals surface area (Å²) < 4.78 is 29.8. The molecule has 3 aromatic rings. The summed E-state index contributed by atoms with van der Waals surface area (Å²) in [4.78, 5) is 8.61. The SMILES string of the molecule is CC(Cl)c1nc2cc(Br)cnc2n1-c1cccc(F)c1F. The molecule has 0 saturated heterocycles. The van der Waals surface area contributed by atoms with E-state index in [9.17, 15) is 8.78 Å². The van der Waals surface area contributed by atoms with Gasteiger partial charge in [0.15, 0.2) is 17.3 Å². The van der Waals surface area contributed by atoms with Crippen LogP contribution in [0.15, 0.2) is 34.9 Å². The van der Waals surface area contributed by atoms with Crippen molar-refractivity contribution in [1.82, 2.24) is 14.5 Å². The van der Waals surface area contributed by atoms with Crippen LogP contribution in [0.2, 0.25) is 0 Å². The van der Waals surface area contributed by atoms with Crippen LogP contribution in [0.3, 0.4) is 0 Å². The van der Waals surface area contributed by atoms with Gasteiger partial charge in [-0.25, -0.2) is 18.7 Å². The predicted octanol–water partition coefficient (Wildman–Crippen LogP) is 4.76. The number of alkyl halides is 1. The summed E-state index contributed by atoms with van der Waals surface area (Å²) >= 11 is 9.43. The first-order valence-electron chi connectivity index (χ1n) is 6.11. The lowest BCUT2D eigenvalue weighted by molar-refractivity contribution is 0.504. The molecule has 0 aliphatic heterocycles. The molecule has 3 nitrogen and oxygen atoms in total. The average molecular weight is 373 g/mol. The maximum Gasteiger partial charge on any atom is 0.182 e. The Bertz CT molecular complexity index is 832. The topological polar surface area (TPSA) is 30.7 Å². The minimum Gasteiger partial charge on any atom is -0.276 e. The van der Waals surface area contributed by atoms with Gasteiger partial charge in [0.25, 0.3) is 0 Å². The lowest BCUT2D eigenvalue weighted by Gasteiger charge is -2.11. The third-order valence-electron chi connectivity index (χ3n) is 3.02. The van der Waals surface area contributed by atoms with Crippen LogP contribution >= 0.6 is 27.5 Å². The standard InChI is InChI=1S/C14H9BrClF2N3/c1-7(16)13-20-10-5-8(15)6-19-14(10)21(13)11-4-2-3-9(17)12(11)18/h2-7H,1H3. The van der Waals surface area contributed by atoms with Gasteiger partial charge in [-0.15, -0.1) is 11.6 Å². The number of benzene rings is 1. The van der Waals surface area contributed by atoms with Crippen molar-refractivity contribution in [3.8, 4) is 5.69 Å². The van der Waals surface area contributed by atoms with Gasteiger partial charge < -0.3 is 0 Å². The summed E-state index contributed by atoms with van der Waals surface area (Å²) in [5, 5.41) is -0.486. The van der Waals surface area contributed by atoms with E-state index in [2.05, 4.69) is 25.9 Å². The Hall–Kier alpha value is -1.53. The second-order valence-corrected chi connectivity index (χ2v) is 6.06. The first-order chi connectivity index (χ1) is 9.99. The average Bonchev–Trinajstić information content (AvgIpc) is 2.80. The molecule has 1 aromatic carbocycles. The monoisotopic (exact) mass is 371 g/mol. The van der Waals surface area contributed by atoms with Gasteiger partial charge in [-0.05, 0) is 41.1 Å². The highest BCUT2D eigenvalue weighted by Crippen LogP contribution is 2.29. The number of imidazole rings is 1. The van der Waals surface area contributed by atoms with Crippen molar-refractivity contribution < 1.29 is 8.78 Å². The number of pyridine rings is 1. The molecule has 0 bridgehead atoms. The zero-order chi connectivity index (χ0) is 15.1. The molecule has 1 atom stereocenters. The van der Waals surface area contributed by atoms with E-state index < -0.39 is 17.0 Å². The Morgan fingerprint density at radius 1 is 1.33 bits per heavy atom. The molecule has 3 rings (SSSR count). The van der Waals surface area contributed by atoms with E-state index in [-0.39, 0.29) is 5.69 Å². The molecule has 0 aliphatic rings. The second kappa shape index (κ2) is 5.35. The van der Waals surface area contributed by atoms with E-state index in [1.807, 2.05) is 0 Å². The van der Waals surface area contributed by atoms with Crippen LogP contribution < -0.4 is 0 Å². The van der Waals surface area contributed by atoms with E-state index >= 15 is 0 Å². The first-order valence-corrected chi connectivity index (χ1v) is 7.34. The maximum absolute atomic E-state index is 14.1. The number of aromatic nitrogens is 3. The normalized spacial score (nSPS) is 12.8. The van der Waals surface area contributed by atoms with E-state index in [4.69, 9.17) is 11.6 Å². The number of hydrogen-bond acceptors (Lipinski definition) is 2. The molecular weight excluding hydrogens is 364 g/mol. The van der Waals surface area contributed by atoms with Gasteiger partial charge in [0.05, 0.1) is 11.1 Å². The van der Waals surface area contributed by atoms with E-state index in [0.717, 1.165) is 10.5 Å². The van der Waals surface area contributed by atoms with Crippen LogP contribution in [-0.2, 0) is 0 Å². The van der Waals surface area contributed by atoms with Gasteiger partial charge in [-0.2, -0.15) is 0 Å². The van der Waals surface area contributed by atoms with Crippen molar-refractivity contribution in [3.05, 3.63) is 52.4 Å². The highest BCUT2D eigenvalue weighted by molar-refractivity contribution is 9.10. The largest absolute Gasteiger partial charge is 0.276 e. The highest BCUT2D eigenvalue weighted by atomic mass is 79.9. The molecule has 0 N–H and O–H groups in total. The molecule has 2 aromatic heterocycles. The third-order valence-corrected chi connectivity index (χ3v) is 3.65. The summed E-state index contributed by atoms with van der Waals surface area (Å²) in [5.41, 5.74) is 1.01. The van der Waals surface area contributed by atoms with Crippen LogP contribution in [0.25, 0.3) is 16.9 Å². The number of hydrogen-bond donors (Lipinski definition) is 0. The maximum atomic E-state index is 14.1. The number of nitrogens with zero attached hydrogens (tertiary/aromatic N) is 3. The van der Waals surface area contributed by atoms with Crippen molar-refractivity contribution in [3.63, 3.8) is 0 Å². The van der Waals surface area contributed by atoms with Crippen LogP contribution in [0.1, 0.15) is 18.1 Å². The fourth-order valence-corrected chi connectivity index (χ4v) is 2.59. The minimum absolute atomic E-state index is 0.0369. The quantitative estimate of drug-likeness (QED) is 0.607. The number of rotatable bonds is 2.